The van der Waals surface area contributed by atoms with Crippen molar-refractivity contribution in [2.45, 2.75) is 19.9 Å². The van der Waals surface area contributed by atoms with Gasteiger partial charge >= 0.3 is 0 Å². The van der Waals surface area contributed by atoms with Gasteiger partial charge < -0.3 is 10.3 Å². The molecular formula is C30H23ClN6O2. The molecule has 0 radical (unpaired) electrons. The van der Waals surface area contributed by atoms with E-state index in [9.17, 15) is 9.59 Å². The number of anilines is 1. The Labute approximate surface area is 228 Å². The van der Waals surface area contributed by atoms with Gasteiger partial charge in [-0.15, -0.1) is 0 Å². The second-order valence-electron chi connectivity index (χ2n) is 9.31. The SMILES string of the molecule is Cc1cncc(-c2cccc3c(Cl)c([C@H](C)Nc4ncnc5[nH]ccc(=O)c45)n(-c4ccccc4)c(=O)c23)c1. The van der Waals surface area contributed by atoms with Gasteiger partial charge in [0, 0.05) is 41.3 Å². The second kappa shape index (κ2) is 9.81. The highest BCUT2D eigenvalue weighted by Crippen LogP contribution is 2.36. The summed E-state index contributed by atoms with van der Waals surface area (Å²) in [4.78, 5) is 42.9. The summed E-state index contributed by atoms with van der Waals surface area (Å²) in [5, 5.41) is 5.18. The van der Waals surface area contributed by atoms with Gasteiger partial charge in [0.2, 0.25) is 0 Å². The van der Waals surface area contributed by atoms with Crippen LogP contribution < -0.4 is 16.3 Å². The molecule has 1 atom stereocenters. The van der Waals surface area contributed by atoms with Crippen molar-refractivity contribution in [1.29, 1.82) is 0 Å². The monoisotopic (exact) mass is 534 g/mol. The molecule has 4 aromatic heterocycles. The van der Waals surface area contributed by atoms with Crippen molar-refractivity contribution in [3.8, 4) is 16.8 Å². The van der Waals surface area contributed by atoms with Gasteiger partial charge in [-0.2, -0.15) is 0 Å². The summed E-state index contributed by atoms with van der Waals surface area (Å²) in [6.45, 7) is 3.84. The first-order valence-corrected chi connectivity index (χ1v) is 12.8. The van der Waals surface area contributed by atoms with Crippen molar-refractivity contribution in [3.63, 3.8) is 0 Å². The molecule has 0 aliphatic carbocycles. The van der Waals surface area contributed by atoms with E-state index in [4.69, 9.17) is 11.6 Å². The molecule has 0 spiro atoms. The molecule has 39 heavy (non-hydrogen) atoms. The summed E-state index contributed by atoms with van der Waals surface area (Å²) >= 11 is 7.15. The van der Waals surface area contributed by atoms with Crippen LogP contribution >= 0.6 is 11.6 Å². The predicted molar refractivity (Wildman–Crippen MR) is 155 cm³/mol. The van der Waals surface area contributed by atoms with Crippen LogP contribution in [0, 0.1) is 6.92 Å². The van der Waals surface area contributed by atoms with E-state index in [1.165, 1.54) is 12.4 Å². The third-order valence-corrected chi connectivity index (χ3v) is 7.09. The number of aryl methyl sites for hydroxylation is 1. The van der Waals surface area contributed by atoms with E-state index in [2.05, 4.69) is 25.3 Å². The molecule has 8 nitrogen and oxygen atoms in total. The van der Waals surface area contributed by atoms with Gasteiger partial charge in [-0.3, -0.25) is 19.1 Å². The lowest BCUT2D eigenvalue weighted by molar-refractivity contribution is 0.774. The standard InChI is InChI=1S/C30H23ClN6O2/c1-17-13-19(15-32-14-17)21-9-6-10-22-24(21)30(39)37(20-7-4-3-5-8-20)27(26(22)31)18(2)36-29-25-23(38)11-12-33-28(25)34-16-35-29/h3-16,18H,1-2H3,(H2,33,34,35,36,38)/t18-/m0/s1. The van der Waals surface area contributed by atoms with Crippen molar-refractivity contribution in [2.75, 3.05) is 5.32 Å². The summed E-state index contributed by atoms with van der Waals surface area (Å²) < 4.78 is 1.63. The Hall–Kier alpha value is -4.82. The van der Waals surface area contributed by atoms with Crippen LogP contribution in [0.15, 0.2) is 95.2 Å². The lowest BCUT2D eigenvalue weighted by Crippen LogP contribution is -2.27. The number of aromatic nitrogens is 5. The van der Waals surface area contributed by atoms with Crippen molar-refractivity contribution in [2.24, 2.45) is 0 Å². The van der Waals surface area contributed by atoms with Crippen LogP contribution in [0.1, 0.15) is 24.2 Å². The molecule has 6 aromatic rings. The number of fused-ring (bicyclic) bond motifs is 2. The summed E-state index contributed by atoms with van der Waals surface area (Å²) in [5.41, 5.74) is 3.75. The summed E-state index contributed by atoms with van der Waals surface area (Å²) in [6, 6.07) is 17.9. The van der Waals surface area contributed by atoms with Crippen LogP contribution in [-0.4, -0.2) is 24.5 Å². The van der Waals surface area contributed by atoms with E-state index in [1.807, 2.05) is 68.4 Å². The van der Waals surface area contributed by atoms with E-state index < -0.39 is 6.04 Å². The Morgan fingerprint density at radius 2 is 1.79 bits per heavy atom. The molecule has 0 unspecified atom stereocenters. The number of nitrogens with one attached hydrogen (secondary N) is 2. The Kier molecular flexibility index (Phi) is 6.17. The molecule has 0 bridgehead atoms. The Morgan fingerprint density at radius 1 is 0.974 bits per heavy atom. The number of aromatic amines is 1. The van der Waals surface area contributed by atoms with E-state index in [1.54, 1.807) is 23.2 Å². The molecule has 192 valence electrons. The van der Waals surface area contributed by atoms with Crippen LogP contribution in [0.4, 0.5) is 5.82 Å². The average molecular weight is 535 g/mol. The largest absolute Gasteiger partial charge is 0.361 e. The van der Waals surface area contributed by atoms with E-state index >= 15 is 0 Å². The van der Waals surface area contributed by atoms with Gasteiger partial charge in [0.05, 0.1) is 22.1 Å². The Morgan fingerprint density at radius 3 is 2.59 bits per heavy atom. The molecule has 0 amide bonds. The number of hydrogen-bond donors (Lipinski definition) is 2. The molecule has 0 aliphatic heterocycles. The number of H-pyrrole nitrogens is 1. The maximum atomic E-state index is 14.4. The number of benzene rings is 2. The maximum absolute atomic E-state index is 14.4. The van der Waals surface area contributed by atoms with Crippen molar-refractivity contribution in [1.82, 2.24) is 24.5 Å². The van der Waals surface area contributed by atoms with Gasteiger partial charge in [-0.25, -0.2) is 9.97 Å². The number of nitrogens with zero attached hydrogens (tertiary/aromatic N) is 4. The maximum Gasteiger partial charge on any atom is 0.263 e. The van der Waals surface area contributed by atoms with Crippen LogP contribution in [0.5, 0.6) is 0 Å². The topological polar surface area (TPSA) is 106 Å². The number of para-hydroxylation sites is 1. The minimum absolute atomic E-state index is 0.216. The fraction of sp³-hybridized carbons (Fsp3) is 0.100. The highest BCUT2D eigenvalue weighted by molar-refractivity contribution is 6.36. The molecule has 2 aromatic carbocycles. The molecule has 0 fully saturated rings. The van der Waals surface area contributed by atoms with Crippen molar-refractivity contribution < 1.29 is 0 Å². The first-order chi connectivity index (χ1) is 18.9. The van der Waals surface area contributed by atoms with Crippen LogP contribution in [0.2, 0.25) is 5.02 Å². The van der Waals surface area contributed by atoms with Crippen LogP contribution in [0.3, 0.4) is 0 Å². The average Bonchev–Trinajstić information content (AvgIpc) is 2.95. The summed E-state index contributed by atoms with van der Waals surface area (Å²) in [5.74, 6) is 0.345. The van der Waals surface area contributed by atoms with E-state index in [-0.39, 0.29) is 11.0 Å². The smallest absolute Gasteiger partial charge is 0.263 e. The van der Waals surface area contributed by atoms with E-state index in [0.717, 1.165) is 16.7 Å². The molecular weight excluding hydrogens is 512 g/mol. The number of pyridine rings is 3. The van der Waals surface area contributed by atoms with Gasteiger partial charge in [-0.1, -0.05) is 48.0 Å². The quantitative estimate of drug-likeness (QED) is 0.289. The third-order valence-electron chi connectivity index (χ3n) is 6.70. The molecule has 4 heterocycles. The van der Waals surface area contributed by atoms with Gasteiger partial charge in [0.1, 0.15) is 23.2 Å². The number of hydrogen-bond acceptors (Lipinski definition) is 6. The number of rotatable bonds is 5. The first-order valence-electron chi connectivity index (χ1n) is 12.4. The van der Waals surface area contributed by atoms with Gasteiger partial charge in [-0.05, 0) is 43.2 Å². The molecule has 2 N–H and O–H groups in total. The van der Waals surface area contributed by atoms with Gasteiger partial charge in [0.15, 0.2) is 5.43 Å². The highest BCUT2D eigenvalue weighted by atomic mass is 35.5. The minimum atomic E-state index is -0.517. The summed E-state index contributed by atoms with van der Waals surface area (Å²) in [7, 11) is 0. The Bertz CT molecular complexity index is 1980. The Balaban J connectivity index is 1.62. The second-order valence-corrected chi connectivity index (χ2v) is 9.69. The zero-order valence-corrected chi connectivity index (χ0v) is 21.9. The molecule has 0 saturated carbocycles. The fourth-order valence-corrected chi connectivity index (χ4v) is 5.38. The van der Waals surface area contributed by atoms with Gasteiger partial charge in [0.25, 0.3) is 5.56 Å². The van der Waals surface area contributed by atoms with Crippen LogP contribution in [-0.2, 0) is 0 Å². The lowest BCUT2D eigenvalue weighted by atomic mass is 9.98. The molecule has 9 heteroatoms. The summed E-state index contributed by atoms with van der Waals surface area (Å²) in [6.07, 6.45) is 6.44. The first kappa shape index (κ1) is 24.5. The molecule has 6 rings (SSSR count). The number of halogens is 1. The third kappa shape index (κ3) is 4.24. The highest BCUT2D eigenvalue weighted by Gasteiger charge is 2.24. The van der Waals surface area contributed by atoms with Crippen molar-refractivity contribution in [3.05, 3.63) is 122 Å². The zero-order chi connectivity index (χ0) is 27.1. The molecule has 0 saturated heterocycles. The van der Waals surface area contributed by atoms with Crippen LogP contribution in [0.25, 0.3) is 38.6 Å². The zero-order valence-electron chi connectivity index (χ0n) is 21.1. The predicted octanol–water partition coefficient (Wildman–Crippen LogP) is 5.82. The van der Waals surface area contributed by atoms with Crippen molar-refractivity contribution >= 4 is 39.2 Å². The normalized spacial score (nSPS) is 12.1. The molecule has 0 aliphatic rings. The fourth-order valence-electron chi connectivity index (χ4n) is 4.97. The lowest BCUT2D eigenvalue weighted by Gasteiger charge is -2.24. The van der Waals surface area contributed by atoms with E-state index in [0.29, 0.717) is 44.0 Å². The minimum Gasteiger partial charge on any atom is -0.361 e.